The van der Waals surface area contributed by atoms with E-state index in [1.165, 1.54) is 28.9 Å². The van der Waals surface area contributed by atoms with Gasteiger partial charge >= 0.3 is 0 Å². The third kappa shape index (κ3) is 3.80. The summed E-state index contributed by atoms with van der Waals surface area (Å²) in [7, 11) is 0. The van der Waals surface area contributed by atoms with Crippen LogP contribution < -0.4 is 11.1 Å². The van der Waals surface area contributed by atoms with E-state index in [9.17, 15) is 18.4 Å². The number of amides is 2. The highest BCUT2D eigenvalue weighted by atomic mass is 19.1. The SMILES string of the molecule is Cc1nn(Cc2c(F)cccc2F)c(C)c1NC(=O)c1cc(C(N)=O)nc2ccccc12. The number of hydrogen-bond donors (Lipinski definition) is 2. The van der Waals surface area contributed by atoms with Gasteiger partial charge < -0.3 is 11.1 Å². The lowest BCUT2D eigenvalue weighted by Gasteiger charge is -2.10. The fraction of sp³-hybridized carbons (Fsp3) is 0.130. The summed E-state index contributed by atoms with van der Waals surface area (Å²) in [6.45, 7) is 3.23. The molecule has 4 rings (SSSR count). The van der Waals surface area contributed by atoms with E-state index in [1.54, 1.807) is 38.1 Å². The van der Waals surface area contributed by atoms with Crippen molar-refractivity contribution >= 4 is 28.4 Å². The number of carbonyl (C=O) groups excluding carboxylic acids is 2. The van der Waals surface area contributed by atoms with Crippen molar-refractivity contribution in [3.8, 4) is 0 Å². The van der Waals surface area contributed by atoms with Gasteiger partial charge in [-0.25, -0.2) is 13.8 Å². The first-order valence-corrected chi connectivity index (χ1v) is 9.74. The van der Waals surface area contributed by atoms with E-state index in [-0.39, 0.29) is 23.4 Å². The molecule has 0 saturated carbocycles. The summed E-state index contributed by atoms with van der Waals surface area (Å²) in [6, 6.07) is 11.9. The molecule has 2 aromatic heterocycles. The number of para-hydroxylation sites is 1. The van der Waals surface area contributed by atoms with Gasteiger partial charge in [0.05, 0.1) is 34.7 Å². The molecule has 0 aliphatic heterocycles. The number of benzene rings is 2. The second-order valence-corrected chi connectivity index (χ2v) is 7.29. The van der Waals surface area contributed by atoms with E-state index in [0.29, 0.717) is 28.0 Å². The Labute approximate surface area is 181 Å². The minimum Gasteiger partial charge on any atom is -0.364 e. The number of primary amides is 1. The molecule has 0 atom stereocenters. The van der Waals surface area contributed by atoms with E-state index >= 15 is 0 Å². The molecule has 2 aromatic carbocycles. The maximum Gasteiger partial charge on any atom is 0.267 e. The van der Waals surface area contributed by atoms with E-state index in [0.717, 1.165) is 0 Å². The number of aryl methyl sites for hydroxylation is 1. The lowest BCUT2D eigenvalue weighted by Crippen LogP contribution is -2.18. The van der Waals surface area contributed by atoms with Crippen LogP contribution in [0.5, 0.6) is 0 Å². The van der Waals surface area contributed by atoms with Crippen molar-refractivity contribution < 1.29 is 18.4 Å². The van der Waals surface area contributed by atoms with Crippen LogP contribution in [0.15, 0.2) is 48.5 Å². The van der Waals surface area contributed by atoms with E-state index in [1.807, 2.05) is 0 Å². The number of nitrogens with one attached hydrogen (secondary N) is 1. The number of rotatable bonds is 5. The number of pyridine rings is 1. The number of nitrogens with zero attached hydrogens (tertiary/aromatic N) is 3. The van der Waals surface area contributed by atoms with Gasteiger partial charge in [0.15, 0.2) is 0 Å². The van der Waals surface area contributed by atoms with Crippen molar-refractivity contribution in [2.45, 2.75) is 20.4 Å². The van der Waals surface area contributed by atoms with Crippen LogP contribution in [-0.4, -0.2) is 26.6 Å². The van der Waals surface area contributed by atoms with Gasteiger partial charge in [-0.2, -0.15) is 5.10 Å². The molecule has 0 unspecified atom stereocenters. The summed E-state index contributed by atoms with van der Waals surface area (Å²) < 4.78 is 29.5. The zero-order chi connectivity index (χ0) is 23.0. The summed E-state index contributed by atoms with van der Waals surface area (Å²) in [5.74, 6) is -2.60. The van der Waals surface area contributed by atoms with E-state index in [4.69, 9.17) is 5.73 Å². The Morgan fingerprint density at radius 1 is 1.06 bits per heavy atom. The first kappa shape index (κ1) is 21.1. The topological polar surface area (TPSA) is 103 Å². The summed E-state index contributed by atoms with van der Waals surface area (Å²) in [5.41, 5.74) is 7.29. The number of nitrogens with two attached hydrogens (primary N) is 1. The van der Waals surface area contributed by atoms with Gasteiger partial charge in [-0.05, 0) is 38.1 Å². The predicted molar refractivity (Wildman–Crippen MR) is 115 cm³/mol. The molecule has 2 heterocycles. The average molecular weight is 435 g/mol. The zero-order valence-electron chi connectivity index (χ0n) is 17.3. The van der Waals surface area contributed by atoms with Gasteiger partial charge in [-0.1, -0.05) is 24.3 Å². The molecule has 4 aromatic rings. The molecule has 3 N–H and O–H groups in total. The minimum atomic E-state index is -0.753. The maximum absolute atomic E-state index is 14.1. The van der Waals surface area contributed by atoms with Crippen LogP contribution in [0.4, 0.5) is 14.5 Å². The second kappa shape index (κ2) is 8.18. The molecule has 0 saturated heterocycles. The second-order valence-electron chi connectivity index (χ2n) is 7.29. The van der Waals surface area contributed by atoms with Gasteiger partial charge in [0, 0.05) is 10.9 Å². The van der Waals surface area contributed by atoms with E-state index in [2.05, 4.69) is 15.4 Å². The summed E-state index contributed by atoms with van der Waals surface area (Å²) >= 11 is 0. The molecule has 0 bridgehead atoms. The Balaban J connectivity index is 1.70. The highest BCUT2D eigenvalue weighted by Gasteiger charge is 2.20. The van der Waals surface area contributed by atoms with Crippen molar-refractivity contribution in [3.05, 3.63) is 88.4 Å². The summed E-state index contributed by atoms with van der Waals surface area (Å²) in [4.78, 5) is 29.0. The first-order chi connectivity index (χ1) is 15.3. The highest BCUT2D eigenvalue weighted by molar-refractivity contribution is 6.14. The molecular weight excluding hydrogens is 416 g/mol. The van der Waals surface area contributed by atoms with Crippen molar-refractivity contribution in [1.82, 2.24) is 14.8 Å². The number of fused-ring (bicyclic) bond motifs is 1. The van der Waals surface area contributed by atoms with Crippen LogP contribution >= 0.6 is 0 Å². The van der Waals surface area contributed by atoms with Gasteiger partial charge in [-0.15, -0.1) is 0 Å². The van der Waals surface area contributed by atoms with Crippen LogP contribution in [0.3, 0.4) is 0 Å². The normalized spacial score (nSPS) is 11.0. The molecule has 0 spiro atoms. The van der Waals surface area contributed by atoms with Gasteiger partial charge in [0.25, 0.3) is 11.8 Å². The number of anilines is 1. The average Bonchev–Trinajstić information content (AvgIpc) is 3.02. The summed E-state index contributed by atoms with van der Waals surface area (Å²) in [6.07, 6.45) is 0. The Kier molecular flexibility index (Phi) is 5.40. The molecular formula is C23H19F2N5O2. The number of aromatic nitrogens is 3. The van der Waals surface area contributed by atoms with Crippen LogP contribution in [-0.2, 0) is 6.54 Å². The Hall–Kier alpha value is -4.14. The van der Waals surface area contributed by atoms with Crippen molar-refractivity contribution in [2.24, 2.45) is 5.73 Å². The lowest BCUT2D eigenvalue weighted by atomic mass is 10.1. The molecule has 0 aliphatic carbocycles. The Bertz CT molecular complexity index is 1360. The van der Waals surface area contributed by atoms with Crippen LogP contribution in [0.1, 0.15) is 37.8 Å². The lowest BCUT2D eigenvalue weighted by molar-refractivity contribution is 0.0996. The van der Waals surface area contributed by atoms with Gasteiger partial charge in [-0.3, -0.25) is 14.3 Å². The van der Waals surface area contributed by atoms with Crippen LogP contribution in [0, 0.1) is 25.5 Å². The van der Waals surface area contributed by atoms with Crippen LogP contribution in [0.25, 0.3) is 10.9 Å². The molecule has 162 valence electrons. The third-order valence-electron chi connectivity index (χ3n) is 5.20. The fourth-order valence-corrected chi connectivity index (χ4v) is 3.54. The fourth-order valence-electron chi connectivity index (χ4n) is 3.54. The standard InChI is InChI=1S/C23H19F2N5O2/c1-12-21(13(2)30(29-12)11-16-17(24)7-5-8-18(16)25)28-23(32)15-10-20(22(26)31)27-19-9-4-3-6-14(15)19/h3-10H,11H2,1-2H3,(H2,26,31)(H,28,32). The molecule has 9 heteroatoms. The van der Waals surface area contributed by atoms with Crippen molar-refractivity contribution in [1.29, 1.82) is 0 Å². The number of carbonyl (C=O) groups is 2. The predicted octanol–water partition coefficient (Wildman–Crippen LogP) is 3.73. The monoisotopic (exact) mass is 435 g/mol. The Morgan fingerprint density at radius 3 is 2.44 bits per heavy atom. The molecule has 7 nitrogen and oxygen atoms in total. The molecule has 0 radical (unpaired) electrons. The quantitative estimate of drug-likeness (QED) is 0.499. The zero-order valence-corrected chi connectivity index (χ0v) is 17.3. The van der Waals surface area contributed by atoms with Gasteiger partial charge in [0.2, 0.25) is 0 Å². The van der Waals surface area contributed by atoms with Crippen LogP contribution in [0.2, 0.25) is 0 Å². The highest BCUT2D eigenvalue weighted by Crippen LogP contribution is 2.25. The minimum absolute atomic E-state index is 0.0342. The molecule has 2 amide bonds. The Morgan fingerprint density at radius 2 is 1.75 bits per heavy atom. The summed E-state index contributed by atoms with van der Waals surface area (Å²) in [5, 5.41) is 7.67. The molecule has 0 aliphatic rings. The first-order valence-electron chi connectivity index (χ1n) is 9.74. The van der Waals surface area contributed by atoms with E-state index < -0.39 is 23.4 Å². The number of halogens is 2. The molecule has 0 fully saturated rings. The largest absolute Gasteiger partial charge is 0.364 e. The van der Waals surface area contributed by atoms with Crippen molar-refractivity contribution in [2.75, 3.05) is 5.32 Å². The third-order valence-corrected chi connectivity index (χ3v) is 5.20. The van der Waals surface area contributed by atoms with Crippen molar-refractivity contribution in [3.63, 3.8) is 0 Å². The number of hydrogen-bond acceptors (Lipinski definition) is 4. The van der Waals surface area contributed by atoms with Gasteiger partial charge in [0.1, 0.15) is 17.3 Å². The smallest absolute Gasteiger partial charge is 0.267 e. The molecule has 32 heavy (non-hydrogen) atoms. The maximum atomic E-state index is 14.1.